The lowest BCUT2D eigenvalue weighted by Gasteiger charge is -2.36. The van der Waals surface area contributed by atoms with Crippen LogP contribution in [0.2, 0.25) is 0 Å². The van der Waals surface area contributed by atoms with Gasteiger partial charge in [-0.1, -0.05) is 0 Å². The highest BCUT2D eigenvalue weighted by molar-refractivity contribution is 5.77. The SMILES string of the molecule is COc1ccc(OC)c2c1CN(C(=O)CC1CC3CCC(C1)N3)CC2O. The van der Waals surface area contributed by atoms with Crippen LogP contribution >= 0.6 is 0 Å². The van der Waals surface area contributed by atoms with E-state index in [1.807, 2.05) is 12.1 Å². The first-order valence-corrected chi connectivity index (χ1v) is 9.54. The number of benzene rings is 1. The molecule has 3 aliphatic heterocycles. The van der Waals surface area contributed by atoms with Crippen LogP contribution in [-0.4, -0.2) is 48.8 Å². The van der Waals surface area contributed by atoms with Crippen molar-refractivity contribution in [3.05, 3.63) is 23.3 Å². The van der Waals surface area contributed by atoms with Crippen molar-refractivity contribution < 1.29 is 19.4 Å². The zero-order valence-electron chi connectivity index (χ0n) is 15.5. The molecule has 3 atom stereocenters. The van der Waals surface area contributed by atoms with E-state index in [1.54, 1.807) is 19.1 Å². The lowest BCUT2D eigenvalue weighted by molar-refractivity contribution is -0.135. The van der Waals surface area contributed by atoms with Crippen molar-refractivity contribution in [1.29, 1.82) is 0 Å². The lowest BCUT2D eigenvalue weighted by atomic mass is 9.88. The number of methoxy groups -OCH3 is 2. The Morgan fingerprint density at radius 1 is 1.19 bits per heavy atom. The fourth-order valence-electron chi connectivity index (χ4n) is 4.98. The third kappa shape index (κ3) is 3.16. The Kier molecular flexibility index (Phi) is 4.80. The predicted octanol–water partition coefficient (Wildman–Crippen LogP) is 2.00. The fourth-order valence-corrected chi connectivity index (χ4v) is 4.98. The summed E-state index contributed by atoms with van der Waals surface area (Å²) >= 11 is 0. The summed E-state index contributed by atoms with van der Waals surface area (Å²) < 4.78 is 10.9. The molecule has 0 saturated carbocycles. The maximum atomic E-state index is 12.9. The number of rotatable bonds is 4. The van der Waals surface area contributed by atoms with E-state index >= 15 is 0 Å². The van der Waals surface area contributed by atoms with Crippen LogP contribution in [0.1, 0.15) is 49.3 Å². The second-order valence-electron chi connectivity index (χ2n) is 7.83. The van der Waals surface area contributed by atoms with E-state index in [-0.39, 0.29) is 5.91 Å². The number of piperidine rings is 1. The number of ether oxygens (including phenoxy) is 2. The summed E-state index contributed by atoms with van der Waals surface area (Å²) in [5, 5.41) is 14.3. The maximum Gasteiger partial charge on any atom is 0.223 e. The monoisotopic (exact) mass is 360 g/mol. The molecular weight excluding hydrogens is 332 g/mol. The van der Waals surface area contributed by atoms with Gasteiger partial charge in [-0.15, -0.1) is 0 Å². The van der Waals surface area contributed by atoms with Gasteiger partial charge in [0.2, 0.25) is 5.91 Å². The highest BCUT2D eigenvalue weighted by Gasteiger charge is 2.36. The van der Waals surface area contributed by atoms with Crippen molar-refractivity contribution in [2.24, 2.45) is 5.92 Å². The molecule has 0 spiro atoms. The van der Waals surface area contributed by atoms with Crippen molar-refractivity contribution in [3.63, 3.8) is 0 Å². The average molecular weight is 360 g/mol. The number of amides is 1. The lowest BCUT2D eigenvalue weighted by Crippen LogP contribution is -2.42. The van der Waals surface area contributed by atoms with E-state index in [9.17, 15) is 9.90 Å². The van der Waals surface area contributed by atoms with Gasteiger partial charge in [0.05, 0.1) is 20.8 Å². The Morgan fingerprint density at radius 2 is 1.85 bits per heavy atom. The summed E-state index contributed by atoms with van der Waals surface area (Å²) in [7, 11) is 3.21. The van der Waals surface area contributed by atoms with Gasteiger partial charge in [0.15, 0.2) is 0 Å². The fraction of sp³-hybridized carbons (Fsp3) is 0.650. The van der Waals surface area contributed by atoms with Gasteiger partial charge in [0.1, 0.15) is 17.6 Å². The van der Waals surface area contributed by atoms with Crippen LogP contribution in [0.4, 0.5) is 0 Å². The first-order chi connectivity index (χ1) is 12.6. The number of nitrogens with zero attached hydrogens (tertiary/aromatic N) is 1. The van der Waals surface area contributed by atoms with Gasteiger partial charge in [-0.25, -0.2) is 0 Å². The summed E-state index contributed by atoms with van der Waals surface area (Å²) in [6, 6.07) is 4.82. The molecule has 1 aromatic carbocycles. The molecule has 1 aromatic rings. The minimum Gasteiger partial charge on any atom is -0.496 e. The summed E-state index contributed by atoms with van der Waals surface area (Å²) in [5.41, 5.74) is 1.60. The molecule has 0 radical (unpaired) electrons. The summed E-state index contributed by atoms with van der Waals surface area (Å²) in [4.78, 5) is 14.7. The number of aliphatic hydroxyl groups is 1. The number of fused-ring (bicyclic) bond motifs is 3. The molecule has 142 valence electrons. The Morgan fingerprint density at radius 3 is 2.50 bits per heavy atom. The van der Waals surface area contributed by atoms with E-state index in [0.717, 1.165) is 24.0 Å². The highest BCUT2D eigenvalue weighted by Crippen LogP contribution is 2.40. The molecule has 3 aliphatic rings. The first kappa shape index (κ1) is 17.6. The number of hydrogen-bond acceptors (Lipinski definition) is 5. The quantitative estimate of drug-likeness (QED) is 0.859. The van der Waals surface area contributed by atoms with Crippen LogP contribution in [-0.2, 0) is 11.3 Å². The van der Waals surface area contributed by atoms with Crippen molar-refractivity contribution in [3.8, 4) is 11.5 Å². The van der Waals surface area contributed by atoms with E-state index in [0.29, 0.717) is 49.0 Å². The van der Waals surface area contributed by atoms with E-state index in [2.05, 4.69) is 5.32 Å². The Bertz CT molecular complexity index is 681. The van der Waals surface area contributed by atoms with Gasteiger partial charge in [0.25, 0.3) is 0 Å². The second-order valence-corrected chi connectivity index (χ2v) is 7.83. The third-order valence-corrected chi connectivity index (χ3v) is 6.18. The number of aliphatic hydroxyl groups excluding tert-OH is 1. The van der Waals surface area contributed by atoms with Crippen LogP contribution in [0.3, 0.4) is 0 Å². The van der Waals surface area contributed by atoms with Gasteiger partial charge >= 0.3 is 0 Å². The van der Waals surface area contributed by atoms with Crippen LogP contribution < -0.4 is 14.8 Å². The Hall–Kier alpha value is -1.79. The normalized spacial score (nSPS) is 30.0. The van der Waals surface area contributed by atoms with E-state index in [1.165, 1.54) is 12.8 Å². The van der Waals surface area contributed by atoms with Crippen molar-refractivity contribution in [2.45, 2.75) is 56.8 Å². The smallest absolute Gasteiger partial charge is 0.223 e. The van der Waals surface area contributed by atoms with Crippen LogP contribution in [0.25, 0.3) is 0 Å². The molecule has 2 N–H and O–H groups in total. The molecule has 2 saturated heterocycles. The molecule has 0 aliphatic carbocycles. The molecular formula is C20H28N2O4. The number of carbonyl (C=O) groups excluding carboxylic acids is 1. The number of β-amino-alcohol motifs (C(OH)–C–C–N with tert-alkyl or cyclic N) is 1. The molecule has 6 nitrogen and oxygen atoms in total. The zero-order chi connectivity index (χ0) is 18.3. The van der Waals surface area contributed by atoms with Gasteiger partial charge in [-0.05, 0) is 43.7 Å². The van der Waals surface area contributed by atoms with Crippen LogP contribution in [0, 0.1) is 5.92 Å². The molecule has 6 heteroatoms. The second kappa shape index (κ2) is 7.08. The van der Waals surface area contributed by atoms with Gasteiger partial charge in [-0.2, -0.15) is 0 Å². The number of nitrogens with one attached hydrogen (secondary N) is 1. The van der Waals surface area contributed by atoms with Gasteiger partial charge in [-0.3, -0.25) is 4.79 Å². The molecule has 2 fully saturated rings. The number of hydrogen-bond donors (Lipinski definition) is 2. The largest absolute Gasteiger partial charge is 0.496 e. The minimum atomic E-state index is -0.753. The Balaban J connectivity index is 1.50. The summed E-state index contributed by atoms with van der Waals surface area (Å²) in [5.74, 6) is 1.92. The maximum absolute atomic E-state index is 12.9. The van der Waals surface area contributed by atoms with Crippen molar-refractivity contribution >= 4 is 5.91 Å². The molecule has 2 bridgehead atoms. The van der Waals surface area contributed by atoms with Gasteiger partial charge in [0, 0.05) is 36.2 Å². The Labute approximate surface area is 154 Å². The van der Waals surface area contributed by atoms with E-state index in [4.69, 9.17) is 9.47 Å². The molecule has 0 aromatic heterocycles. The molecule has 3 heterocycles. The number of carbonyl (C=O) groups is 1. The molecule has 26 heavy (non-hydrogen) atoms. The summed E-state index contributed by atoms with van der Waals surface area (Å²) in [6.07, 6.45) is 4.48. The minimum absolute atomic E-state index is 0.130. The summed E-state index contributed by atoms with van der Waals surface area (Å²) in [6.45, 7) is 0.774. The molecule has 3 unspecified atom stereocenters. The zero-order valence-corrected chi connectivity index (χ0v) is 15.5. The average Bonchev–Trinajstić information content (AvgIpc) is 2.98. The van der Waals surface area contributed by atoms with Gasteiger partial charge < -0.3 is 24.8 Å². The van der Waals surface area contributed by atoms with E-state index < -0.39 is 6.10 Å². The standard InChI is InChI=1S/C20H28N2O4/c1-25-17-5-6-18(26-2)20-15(17)10-22(11-16(20)23)19(24)9-12-7-13-3-4-14(8-12)21-13/h5-6,12-14,16,21,23H,3-4,7-11H2,1-2H3. The topological polar surface area (TPSA) is 71.0 Å². The van der Waals surface area contributed by atoms with Crippen molar-refractivity contribution in [2.75, 3.05) is 20.8 Å². The van der Waals surface area contributed by atoms with Crippen LogP contribution in [0.5, 0.6) is 11.5 Å². The third-order valence-electron chi connectivity index (χ3n) is 6.18. The first-order valence-electron chi connectivity index (χ1n) is 9.54. The van der Waals surface area contributed by atoms with Crippen LogP contribution in [0.15, 0.2) is 12.1 Å². The highest BCUT2D eigenvalue weighted by atomic mass is 16.5. The van der Waals surface area contributed by atoms with Crippen molar-refractivity contribution in [1.82, 2.24) is 10.2 Å². The predicted molar refractivity (Wildman–Crippen MR) is 97.2 cm³/mol. The molecule has 1 amide bonds. The molecule has 4 rings (SSSR count).